The van der Waals surface area contributed by atoms with Crippen LogP contribution < -0.4 is 16.0 Å². The second-order valence-electron chi connectivity index (χ2n) is 6.44. The monoisotopic (exact) mass is 379 g/mol. The van der Waals surface area contributed by atoms with Crippen LogP contribution in [0.15, 0.2) is 54.9 Å². The summed E-state index contributed by atoms with van der Waals surface area (Å²) in [5.74, 6) is -0.186. The van der Waals surface area contributed by atoms with Crippen LogP contribution in [0.2, 0.25) is 0 Å². The van der Waals surface area contributed by atoms with E-state index in [0.29, 0.717) is 11.4 Å². The lowest BCUT2D eigenvalue weighted by atomic mass is 10.1. The minimum atomic E-state index is -0.324. The third-order valence-electron chi connectivity index (χ3n) is 3.78. The van der Waals surface area contributed by atoms with Crippen molar-refractivity contribution in [2.45, 2.75) is 26.3 Å². The van der Waals surface area contributed by atoms with Gasteiger partial charge in [0.15, 0.2) is 0 Å². The number of amides is 3. The number of tetrazole rings is 1. The highest BCUT2D eigenvalue weighted by atomic mass is 16.2. The smallest absolute Gasteiger partial charge is 0.319 e. The average Bonchev–Trinajstić information content (AvgIpc) is 3.18. The minimum Gasteiger partial charge on any atom is -0.336 e. The summed E-state index contributed by atoms with van der Waals surface area (Å²) >= 11 is 0. The molecule has 0 bridgehead atoms. The third kappa shape index (κ3) is 5.13. The van der Waals surface area contributed by atoms with Crippen molar-refractivity contribution in [3.8, 4) is 5.69 Å². The Bertz CT molecular complexity index is 937. The second-order valence-corrected chi connectivity index (χ2v) is 6.44. The van der Waals surface area contributed by atoms with Crippen molar-refractivity contribution in [3.63, 3.8) is 0 Å². The molecule has 3 aromatic rings. The van der Waals surface area contributed by atoms with Gasteiger partial charge in [-0.15, -0.1) is 5.10 Å². The maximum atomic E-state index is 12.4. The topological polar surface area (TPSA) is 114 Å². The van der Waals surface area contributed by atoms with Crippen molar-refractivity contribution in [2.75, 3.05) is 10.6 Å². The predicted octanol–water partition coefficient (Wildman–Crippen LogP) is 2.37. The molecule has 28 heavy (non-hydrogen) atoms. The quantitative estimate of drug-likeness (QED) is 0.608. The molecule has 3 N–H and O–H groups in total. The molecule has 3 rings (SSSR count). The van der Waals surface area contributed by atoms with E-state index in [-0.39, 0.29) is 24.4 Å². The number of para-hydroxylation sites is 2. The Morgan fingerprint density at radius 3 is 2.29 bits per heavy atom. The molecular weight excluding hydrogens is 358 g/mol. The van der Waals surface area contributed by atoms with Gasteiger partial charge in [0.05, 0.1) is 23.5 Å². The molecule has 0 aliphatic carbocycles. The zero-order valence-electron chi connectivity index (χ0n) is 15.6. The summed E-state index contributed by atoms with van der Waals surface area (Å²) in [6.45, 7) is 3.75. The Balaban J connectivity index is 1.62. The van der Waals surface area contributed by atoms with Crippen LogP contribution in [0.4, 0.5) is 16.2 Å². The van der Waals surface area contributed by atoms with Crippen LogP contribution in [0.3, 0.4) is 0 Å². The van der Waals surface area contributed by atoms with Crippen LogP contribution in [-0.4, -0.2) is 38.2 Å². The van der Waals surface area contributed by atoms with Gasteiger partial charge in [0.1, 0.15) is 6.33 Å². The van der Waals surface area contributed by atoms with Crippen LogP contribution in [0.1, 0.15) is 19.4 Å². The van der Waals surface area contributed by atoms with E-state index in [4.69, 9.17) is 0 Å². The molecule has 0 radical (unpaired) electrons. The molecule has 1 heterocycles. The molecule has 0 aliphatic heterocycles. The first kappa shape index (κ1) is 19.0. The number of aromatic nitrogens is 4. The lowest BCUT2D eigenvalue weighted by molar-refractivity contribution is -0.115. The van der Waals surface area contributed by atoms with Gasteiger partial charge in [0.25, 0.3) is 0 Å². The van der Waals surface area contributed by atoms with Crippen LogP contribution >= 0.6 is 0 Å². The number of hydrogen-bond acceptors (Lipinski definition) is 5. The van der Waals surface area contributed by atoms with E-state index < -0.39 is 0 Å². The number of anilines is 2. The highest BCUT2D eigenvalue weighted by molar-refractivity contribution is 5.99. The van der Waals surface area contributed by atoms with E-state index >= 15 is 0 Å². The number of rotatable bonds is 6. The molecule has 1 aromatic heterocycles. The van der Waals surface area contributed by atoms with Gasteiger partial charge in [-0.3, -0.25) is 4.79 Å². The SMILES string of the molecule is CC(C)NC(=O)Nc1ccccc1NC(=O)Cc1ccc(-n2cnnn2)cc1. The molecule has 0 fully saturated rings. The van der Waals surface area contributed by atoms with Crippen LogP contribution in [0, 0.1) is 0 Å². The van der Waals surface area contributed by atoms with E-state index in [1.165, 1.54) is 11.0 Å². The number of hydrogen-bond donors (Lipinski definition) is 3. The Labute approximate surface area is 162 Å². The van der Waals surface area contributed by atoms with Crippen molar-refractivity contribution >= 4 is 23.3 Å². The Kier molecular flexibility index (Phi) is 5.95. The number of carbonyl (C=O) groups is 2. The molecule has 144 valence electrons. The highest BCUT2D eigenvalue weighted by Crippen LogP contribution is 2.21. The molecule has 0 saturated carbocycles. The number of carbonyl (C=O) groups excluding carboxylic acids is 2. The van der Waals surface area contributed by atoms with E-state index in [2.05, 4.69) is 31.5 Å². The van der Waals surface area contributed by atoms with E-state index in [9.17, 15) is 9.59 Å². The standard InChI is InChI=1S/C19H21N7O2/c1-13(2)21-19(28)23-17-6-4-3-5-16(17)22-18(27)11-14-7-9-15(10-8-14)26-12-20-24-25-26/h3-10,12-13H,11H2,1-2H3,(H,22,27)(H2,21,23,28). The molecule has 0 aliphatic rings. The van der Waals surface area contributed by atoms with Crippen molar-refractivity contribution in [1.29, 1.82) is 0 Å². The van der Waals surface area contributed by atoms with E-state index in [1.807, 2.05) is 38.1 Å². The van der Waals surface area contributed by atoms with Crippen LogP contribution in [0.5, 0.6) is 0 Å². The first-order valence-corrected chi connectivity index (χ1v) is 8.80. The summed E-state index contributed by atoms with van der Waals surface area (Å²) in [6, 6.07) is 14.1. The van der Waals surface area contributed by atoms with Gasteiger partial charge in [0.2, 0.25) is 5.91 Å². The average molecular weight is 379 g/mol. The molecule has 0 unspecified atom stereocenters. The molecule has 3 amide bonds. The van der Waals surface area contributed by atoms with Gasteiger partial charge in [-0.05, 0) is 54.1 Å². The van der Waals surface area contributed by atoms with Gasteiger partial charge < -0.3 is 16.0 Å². The predicted molar refractivity (Wildman–Crippen MR) is 105 cm³/mol. The second kappa shape index (κ2) is 8.76. The van der Waals surface area contributed by atoms with Gasteiger partial charge in [0, 0.05) is 6.04 Å². The van der Waals surface area contributed by atoms with Crippen LogP contribution in [0.25, 0.3) is 5.69 Å². The van der Waals surface area contributed by atoms with Gasteiger partial charge in [-0.1, -0.05) is 24.3 Å². The number of benzene rings is 2. The summed E-state index contributed by atoms with van der Waals surface area (Å²) in [6.07, 6.45) is 1.70. The first-order chi connectivity index (χ1) is 13.5. The molecule has 0 saturated heterocycles. The summed E-state index contributed by atoms with van der Waals surface area (Å²) < 4.78 is 1.54. The largest absolute Gasteiger partial charge is 0.336 e. The number of urea groups is 1. The Hall–Kier alpha value is -3.75. The fourth-order valence-corrected chi connectivity index (χ4v) is 2.55. The summed E-state index contributed by atoms with van der Waals surface area (Å²) in [5.41, 5.74) is 2.72. The normalized spacial score (nSPS) is 10.5. The van der Waals surface area contributed by atoms with Crippen molar-refractivity contribution in [2.24, 2.45) is 0 Å². The third-order valence-corrected chi connectivity index (χ3v) is 3.78. The Morgan fingerprint density at radius 2 is 1.68 bits per heavy atom. The number of nitrogens with zero attached hydrogens (tertiary/aromatic N) is 4. The zero-order valence-corrected chi connectivity index (χ0v) is 15.6. The molecule has 2 aromatic carbocycles. The summed E-state index contributed by atoms with van der Waals surface area (Å²) in [7, 11) is 0. The molecule has 0 spiro atoms. The van der Waals surface area contributed by atoms with Gasteiger partial charge >= 0.3 is 6.03 Å². The molecular formula is C19H21N7O2. The Morgan fingerprint density at radius 1 is 1.00 bits per heavy atom. The highest BCUT2D eigenvalue weighted by Gasteiger charge is 2.11. The first-order valence-electron chi connectivity index (χ1n) is 8.80. The lowest BCUT2D eigenvalue weighted by Gasteiger charge is -2.14. The van der Waals surface area contributed by atoms with Gasteiger partial charge in [-0.2, -0.15) is 0 Å². The van der Waals surface area contributed by atoms with Crippen LogP contribution in [-0.2, 0) is 11.2 Å². The fourth-order valence-electron chi connectivity index (χ4n) is 2.55. The molecule has 9 heteroatoms. The minimum absolute atomic E-state index is 0.0121. The van der Waals surface area contributed by atoms with Crippen molar-refractivity contribution in [1.82, 2.24) is 25.5 Å². The molecule has 9 nitrogen and oxygen atoms in total. The fraction of sp³-hybridized carbons (Fsp3) is 0.211. The van der Waals surface area contributed by atoms with Crippen molar-refractivity contribution in [3.05, 3.63) is 60.4 Å². The lowest BCUT2D eigenvalue weighted by Crippen LogP contribution is -2.34. The number of nitrogens with one attached hydrogen (secondary N) is 3. The summed E-state index contributed by atoms with van der Waals surface area (Å²) in [5, 5.41) is 19.3. The van der Waals surface area contributed by atoms with E-state index in [1.54, 1.807) is 24.3 Å². The zero-order chi connectivity index (χ0) is 19.9. The maximum Gasteiger partial charge on any atom is 0.319 e. The van der Waals surface area contributed by atoms with E-state index in [0.717, 1.165) is 11.3 Å². The maximum absolute atomic E-state index is 12.4. The van der Waals surface area contributed by atoms with Crippen molar-refractivity contribution < 1.29 is 9.59 Å². The molecule has 0 atom stereocenters. The summed E-state index contributed by atoms with van der Waals surface area (Å²) in [4.78, 5) is 24.4. The van der Waals surface area contributed by atoms with Gasteiger partial charge in [-0.25, -0.2) is 9.48 Å².